The van der Waals surface area contributed by atoms with E-state index in [2.05, 4.69) is 170 Å². The SMILES string of the molecule is c1ccc(-c2c3ccccc3c(-c3cccc4oc5cccc(-c6c7ccccc7c(-c7ccoc7)c7ccccc67)c5c34)c3ccccc23)cc1. The predicted molar refractivity (Wildman–Crippen MR) is 218 cm³/mol. The summed E-state index contributed by atoms with van der Waals surface area (Å²) in [5, 5.41) is 11.9. The summed E-state index contributed by atoms with van der Waals surface area (Å²) in [5.41, 5.74) is 11.2. The fourth-order valence-electron chi connectivity index (χ4n) is 8.75. The van der Waals surface area contributed by atoms with Crippen molar-refractivity contribution >= 4 is 65.0 Å². The minimum Gasteiger partial charge on any atom is -0.472 e. The van der Waals surface area contributed by atoms with Crippen molar-refractivity contribution in [2.75, 3.05) is 0 Å². The van der Waals surface area contributed by atoms with Gasteiger partial charge in [0.1, 0.15) is 11.2 Å². The summed E-state index contributed by atoms with van der Waals surface area (Å²) >= 11 is 0. The van der Waals surface area contributed by atoms with Gasteiger partial charge in [-0.15, -0.1) is 0 Å². The molecule has 0 aliphatic carbocycles. The second-order valence-corrected chi connectivity index (χ2v) is 13.5. The van der Waals surface area contributed by atoms with Crippen molar-refractivity contribution in [3.8, 4) is 44.5 Å². The molecule has 0 unspecified atom stereocenters. The van der Waals surface area contributed by atoms with Crippen LogP contribution in [-0.2, 0) is 0 Å². The highest BCUT2D eigenvalue weighted by Crippen LogP contribution is 2.50. The molecule has 11 aromatic rings. The van der Waals surface area contributed by atoms with E-state index in [0.717, 1.165) is 33.1 Å². The Balaban J connectivity index is 1.30. The first-order valence-electron chi connectivity index (χ1n) is 17.7. The van der Waals surface area contributed by atoms with E-state index >= 15 is 0 Å². The van der Waals surface area contributed by atoms with E-state index in [1.807, 2.05) is 6.26 Å². The third-order valence-electron chi connectivity index (χ3n) is 10.8. The first-order valence-corrected chi connectivity index (χ1v) is 17.7. The number of hydrogen-bond donors (Lipinski definition) is 0. The molecule has 0 radical (unpaired) electrons. The molecular weight excluding hydrogens is 633 g/mol. The summed E-state index contributed by atoms with van der Waals surface area (Å²) in [6.45, 7) is 0. The summed E-state index contributed by atoms with van der Waals surface area (Å²) in [6.07, 6.45) is 3.61. The fraction of sp³-hybridized carbons (Fsp3) is 0. The second-order valence-electron chi connectivity index (χ2n) is 13.5. The Hall–Kier alpha value is -6.90. The molecule has 0 fully saturated rings. The first-order chi connectivity index (χ1) is 25.8. The van der Waals surface area contributed by atoms with Crippen LogP contribution in [0.3, 0.4) is 0 Å². The maximum absolute atomic E-state index is 6.79. The average Bonchev–Trinajstić information content (AvgIpc) is 3.88. The van der Waals surface area contributed by atoms with Gasteiger partial charge in [0, 0.05) is 21.9 Å². The molecule has 0 bridgehead atoms. The quantitative estimate of drug-likeness (QED) is 0.175. The third kappa shape index (κ3) is 4.12. The topological polar surface area (TPSA) is 26.3 Å². The van der Waals surface area contributed by atoms with E-state index in [1.54, 1.807) is 6.26 Å². The maximum atomic E-state index is 6.79. The van der Waals surface area contributed by atoms with Crippen LogP contribution >= 0.6 is 0 Å². The number of hydrogen-bond acceptors (Lipinski definition) is 2. The van der Waals surface area contributed by atoms with E-state index in [1.165, 1.54) is 76.5 Å². The van der Waals surface area contributed by atoms with Crippen molar-refractivity contribution in [3.63, 3.8) is 0 Å². The van der Waals surface area contributed by atoms with E-state index in [0.29, 0.717) is 0 Å². The van der Waals surface area contributed by atoms with Crippen LogP contribution in [0.1, 0.15) is 0 Å². The lowest BCUT2D eigenvalue weighted by Crippen LogP contribution is -1.92. The zero-order valence-electron chi connectivity index (χ0n) is 28.1. The van der Waals surface area contributed by atoms with Gasteiger partial charge in [0.2, 0.25) is 0 Å². The summed E-state index contributed by atoms with van der Waals surface area (Å²) in [4.78, 5) is 0. The highest BCUT2D eigenvalue weighted by Gasteiger charge is 2.24. The predicted octanol–water partition coefficient (Wildman–Crippen LogP) is 14.5. The summed E-state index contributed by atoms with van der Waals surface area (Å²) in [6, 6.07) is 61.1. The van der Waals surface area contributed by atoms with Crippen molar-refractivity contribution < 1.29 is 8.83 Å². The van der Waals surface area contributed by atoms with Crippen molar-refractivity contribution in [3.05, 3.63) is 182 Å². The Morgan fingerprint density at radius 3 is 1.08 bits per heavy atom. The van der Waals surface area contributed by atoms with Crippen molar-refractivity contribution in [1.82, 2.24) is 0 Å². The van der Waals surface area contributed by atoms with Crippen LogP contribution in [0.4, 0.5) is 0 Å². The molecule has 2 heterocycles. The Bertz CT molecular complexity index is 3050. The number of rotatable bonds is 4. The lowest BCUT2D eigenvalue weighted by atomic mass is 9.83. The van der Waals surface area contributed by atoms with Crippen LogP contribution in [-0.4, -0.2) is 0 Å². The normalized spacial score (nSPS) is 11.8. The van der Waals surface area contributed by atoms with Crippen molar-refractivity contribution in [2.45, 2.75) is 0 Å². The monoisotopic (exact) mass is 662 g/mol. The number of furan rings is 2. The van der Waals surface area contributed by atoms with E-state index in [4.69, 9.17) is 8.83 Å². The Morgan fingerprint density at radius 2 is 0.673 bits per heavy atom. The van der Waals surface area contributed by atoms with Crippen molar-refractivity contribution in [1.29, 1.82) is 0 Å². The summed E-state index contributed by atoms with van der Waals surface area (Å²) in [5.74, 6) is 0. The summed E-state index contributed by atoms with van der Waals surface area (Å²) < 4.78 is 12.4. The van der Waals surface area contributed by atoms with Crippen molar-refractivity contribution in [2.24, 2.45) is 0 Å². The van der Waals surface area contributed by atoms with Gasteiger partial charge in [-0.2, -0.15) is 0 Å². The molecule has 0 amide bonds. The zero-order valence-corrected chi connectivity index (χ0v) is 28.1. The van der Waals surface area contributed by atoms with Crippen LogP contribution in [0.15, 0.2) is 191 Å². The molecule has 0 aliphatic rings. The van der Waals surface area contributed by atoms with Gasteiger partial charge < -0.3 is 8.83 Å². The fourth-order valence-corrected chi connectivity index (χ4v) is 8.75. The van der Waals surface area contributed by atoms with Crippen LogP contribution < -0.4 is 0 Å². The molecule has 0 spiro atoms. The smallest absolute Gasteiger partial charge is 0.136 e. The first kappa shape index (κ1) is 28.9. The molecule has 0 atom stereocenters. The molecule has 0 saturated heterocycles. The minimum absolute atomic E-state index is 0.876. The van der Waals surface area contributed by atoms with Gasteiger partial charge in [0.25, 0.3) is 0 Å². The van der Waals surface area contributed by atoms with Crippen LogP contribution in [0.5, 0.6) is 0 Å². The Morgan fingerprint density at radius 1 is 0.288 bits per heavy atom. The second kappa shape index (κ2) is 11.3. The van der Waals surface area contributed by atoms with Gasteiger partial charge in [-0.3, -0.25) is 0 Å². The Kier molecular flexibility index (Phi) is 6.28. The molecule has 0 N–H and O–H groups in total. The molecule has 0 saturated carbocycles. The summed E-state index contributed by atoms with van der Waals surface area (Å²) in [7, 11) is 0. The van der Waals surface area contributed by atoms with Gasteiger partial charge in [-0.1, -0.05) is 152 Å². The van der Waals surface area contributed by atoms with E-state index in [-0.39, 0.29) is 0 Å². The lowest BCUT2D eigenvalue weighted by Gasteiger charge is -2.19. The molecule has 11 rings (SSSR count). The molecule has 52 heavy (non-hydrogen) atoms. The largest absolute Gasteiger partial charge is 0.472 e. The maximum Gasteiger partial charge on any atom is 0.136 e. The Labute approximate surface area is 299 Å². The molecular formula is C50H30O2. The molecule has 9 aromatic carbocycles. The minimum atomic E-state index is 0.876. The van der Waals surface area contributed by atoms with Gasteiger partial charge in [0.15, 0.2) is 0 Å². The molecule has 0 aliphatic heterocycles. The highest BCUT2D eigenvalue weighted by atomic mass is 16.3. The standard InChI is InChI=1S/C50H30O2/c1-2-14-31(15-3-1)45-33-16-4-8-20-37(33)47(38-21-9-5-17-34(38)45)41-24-12-26-43-49(41)50-42(25-13-27-44(50)52-43)48-39-22-10-6-18-35(39)46(32-28-29-51-30-32)36-19-7-11-23-40(36)48/h1-30H. The lowest BCUT2D eigenvalue weighted by molar-refractivity contribution is 0.568. The average molecular weight is 663 g/mol. The van der Waals surface area contributed by atoms with Crippen LogP contribution in [0.25, 0.3) is 110 Å². The number of fused-ring (bicyclic) bond motifs is 7. The zero-order chi connectivity index (χ0) is 34.2. The van der Waals surface area contributed by atoms with E-state index < -0.39 is 0 Å². The van der Waals surface area contributed by atoms with Crippen LogP contribution in [0, 0.1) is 0 Å². The third-order valence-corrected chi connectivity index (χ3v) is 10.8. The van der Waals surface area contributed by atoms with Gasteiger partial charge in [-0.05, 0) is 94.7 Å². The molecule has 242 valence electrons. The molecule has 2 aromatic heterocycles. The van der Waals surface area contributed by atoms with Gasteiger partial charge in [-0.25, -0.2) is 0 Å². The highest BCUT2D eigenvalue weighted by molar-refractivity contribution is 6.30. The van der Waals surface area contributed by atoms with Gasteiger partial charge in [0.05, 0.1) is 12.5 Å². The van der Waals surface area contributed by atoms with Gasteiger partial charge >= 0.3 is 0 Å². The molecule has 2 heteroatoms. The van der Waals surface area contributed by atoms with Crippen LogP contribution in [0.2, 0.25) is 0 Å². The number of benzene rings is 9. The molecule has 2 nitrogen and oxygen atoms in total. The van der Waals surface area contributed by atoms with E-state index in [9.17, 15) is 0 Å².